The molecule has 0 aliphatic carbocycles. The molecule has 0 bridgehead atoms. The average Bonchev–Trinajstić information content (AvgIpc) is 2.31. The Labute approximate surface area is 87.9 Å². The number of benzene rings is 1. The molecule has 3 N–H and O–H groups in total. The van der Waals surface area contributed by atoms with E-state index >= 15 is 0 Å². The first-order valence-corrected chi connectivity index (χ1v) is 4.43. The highest BCUT2D eigenvalue weighted by Crippen LogP contribution is 2.04. The van der Waals surface area contributed by atoms with Crippen LogP contribution in [0.1, 0.15) is 11.1 Å². The lowest BCUT2D eigenvalue weighted by atomic mass is 10.1. The number of nitrogens with zero attached hydrogens (tertiary/aromatic N) is 1. The van der Waals surface area contributed by atoms with Gasteiger partial charge in [0, 0.05) is 19.2 Å². The van der Waals surface area contributed by atoms with Crippen molar-refractivity contribution < 1.29 is 9.63 Å². The summed E-state index contributed by atoms with van der Waals surface area (Å²) < 4.78 is 0. The van der Waals surface area contributed by atoms with Gasteiger partial charge in [-0.2, -0.15) is 0 Å². The minimum Gasteiger partial charge on any atom is -0.345 e. The normalized spacial score (nSPS) is 10.9. The van der Waals surface area contributed by atoms with Crippen LogP contribution in [0.15, 0.2) is 29.3 Å². The topological polar surface area (TPSA) is 76.7 Å². The lowest BCUT2D eigenvalue weighted by molar-refractivity contribution is -0.132. The second-order valence-electron chi connectivity index (χ2n) is 2.79. The minimum atomic E-state index is 0.305. The summed E-state index contributed by atoms with van der Waals surface area (Å²) in [6, 6.07) is 7.49. The standard InChI is InChI=1S/C10H13N3O2/c1-12-10(13-15-7-14)9-4-2-8(6-11)3-5-9/h2-5,7H,6,11H2,1H3,(H,12,13). The lowest BCUT2D eigenvalue weighted by Crippen LogP contribution is -2.24. The number of rotatable bonds is 4. The fourth-order valence-corrected chi connectivity index (χ4v) is 1.11. The molecular weight excluding hydrogens is 194 g/mol. The average molecular weight is 207 g/mol. The second-order valence-corrected chi connectivity index (χ2v) is 2.79. The molecule has 1 aromatic rings. The maximum Gasteiger partial charge on any atom is 0.320 e. The van der Waals surface area contributed by atoms with Gasteiger partial charge in [0.2, 0.25) is 0 Å². The fourth-order valence-electron chi connectivity index (χ4n) is 1.11. The molecule has 0 unspecified atom stereocenters. The van der Waals surface area contributed by atoms with E-state index in [9.17, 15) is 4.79 Å². The Morgan fingerprint density at radius 3 is 2.67 bits per heavy atom. The van der Waals surface area contributed by atoms with Crippen LogP contribution in [-0.2, 0) is 16.2 Å². The van der Waals surface area contributed by atoms with Gasteiger partial charge in [-0.05, 0) is 5.56 Å². The van der Waals surface area contributed by atoms with Crippen molar-refractivity contribution in [3.63, 3.8) is 0 Å². The van der Waals surface area contributed by atoms with E-state index in [0.29, 0.717) is 18.9 Å². The second kappa shape index (κ2) is 5.77. The molecular formula is C10H13N3O2. The Morgan fingerprint density at radius 1 is 1.53 bits per heavy atom. The molecule has 0 atom stereocenters. The van der Waals surface area contributed by atoms with Gasteiger partial charge in [-0.25, -0.2) is 5.48 Å². The van der Waals surface area contributed by atoms with Crippen LogP contribution in [0, 0.1) is 0 Å². The van der Waals surface area contributed by atoms with Gasteiger partial charge in [-0.3, -0.25) is 9.79 Å². The number of carbonyl (C=O) groups is 1. The van der Waals surface area contributed by atoms with E-state index in [2.05, 4.69) is 15.3 Å². The Morgan fingerprint density at radius 2 is 2.20 bits per heavy atom. The molecule has 15 heavy (non-hydrogen) atoms. The summed E-state index contributed by atoms with van der Waals surface area (Å²) in [4.78, 5) is 18.4. The van der Waals surface area contributed by atoms with Crippen LogP contribution in [0.25, 0.3) is 0 Å². The number of hydrogen-bond acceptors (Lipinski definition) is 4. The van der Waals surface area contributed by atoms with Gasteiger partial charge in [0.15, 0.2) is 5.84 Å². The van der Waals surface area contributed by atoms with Crippen molar-refractivity contribution >= 4 is 12.3 Å². The van der Waals surface area contributed by atoms with Crippen molar-refractivity contribution in [2.45, 2.75) is 6.54 Å². The summed E-state index contributed by atoms with van der Waals surface area (Å²) in [6.07, 6.45) is 0. The summed E-state index contributed by atoms with van der Waals surface area (Å²) in [7, 11) is 1.60. The van der Waals surface area contributed by atoms with Crippen molar-refractivity contribution in [3.05, 3.63) is 35.4 Å². The van der Waals surface area contributed by atoms with Gasteiger partial charge in [0.05, 0.1) is 0 Å². The number of hydrogen-bond donors (Lipinski definition) is 2. The molecule has 80 valence electrons. The molecule has 0 saturated heterocycles. The Bertz CT molecular complexity index is 346. The summed E-state index contributed by atoms with van der Waals surface area (Å²) in [6.45, 7) is 0.802. The zero-order chi connectivity index (χ0) is 11.1. The monoisotopic (exact) mass is 207 g/mol. The largest absolute Gasteiger partial charge is 0.345 e. The summed E-state index contributed by atoms with van der Waals surface area (Å²) in [5.41, 5.74) is 9.76. The van der Waals surface area contributed by atoms with E-state index in [1.165, 1.54) is 0 Å². The van der Waals surface area contributed by atoms with Crippen LogP contribution in [-0.4, -0.2) is 19.4 Å². The molecule has 0 aromatic heterocycles. The lowest BCUT2D eigenvalue weighted by Gasteiger charge is -2.06. The number of aliphatic imine (C=N–C) groups is 1. The highest BCUT2D eigenvalue weighted by Gasteiger charge is 2.01. The van der Waals surface area contributed by atoms with Gasteiger partial charge in [-0.1, -0.05) is 24.3 Å². The quantitative estimate of drug-likeness (QED) is 0.320. The summed E-state index contributed by atoms with van der Waals surface area (Å²) in [5, 5.41) is 0. The third kappa shape index (κ3) is 3.07. The van der Waals surface area contributed by atoms with Crippen LogP contribution >= 0.6 is 0 Å². The minimum absolute atomic E-state index is 0.305. The third-order valence-corrected chi connectivity index (χ3v) is 1.89. The summed E-state index contributed by atoms with van der Waals surface area (Å²) in [5.74, 6) is 0.491. The van der Waals surface area contributed by atoms with Gasteiger partial charge >= 0.3 is 6.47 Å². The first kappa shape index (κ1) is 11.2. The maximum absolute atomic E-state index is 10.0. The third-order valence-electron chi connectivity index (χ3n) is 1.89. The molecule has 0 heterocycles. The fraction of sp³-hybridized carbons (Fsp3) is 0.200. The predicted molar refractivity (Wildman–Crippen MR) is 57.1 cm³/mol. The molecule has 5 nitrogen and oxygen atoms in total. The first-order valence-electron chi connectivity index (χ1n) is 4.43. The Hall–Kier alpha value is -1.88. The molecule has 0 fully saturated rings. The molecule has 1 aromatic carbocycles. The van der Waals surface area contributed by atoms with E-state index in [0.717, 1.165) is 11.1 Å². The Kier molecular flexibility index (Phi) is 4.30. The van der Waals surface area contributed by atoms with E-state index < -0.39 is 0 Å². The van der Waals surface area contributed by atoms with E-state index in [-0.39, 0.29) is 0 Å². The van der Waals surface area contributed by atoms with E-state index in [4.69, 9.17) is 5.73 Å². The van der Waals surface area contributed by atoms with Gasteiger partial charge in [0.25, 0.3) is 0 Å². The zero-order valence-electron chi connectivity index (χ0n) is 8.43. The molecule has 0 saturated carbocycles. The SMILES string of the molecule is CN=C(NOC=O)c1ccc(CN)cc1. The molecule has 5 heteroatoms. The predicted octanol–water partition coefficient (Wildman–Crippen LogP) is 0.199. The van der Waals surface area contributed by atoms with Gasteiger partial charge in [-0.15, -0.1) is 0 Å². The summed E-state index contributed by atoms with van der Waals surface area (Å²) >= 11 is 0. The maximum atomic E-state index is 10.0. The molecule has 0 spiro atoms. The van der Waals surface area contributed by atoms with E-state index in [1.54, 1.807) is 7.05 Å². The van der Waals surface area contributed by atoms with Crippen molar-refractivity contribution in [1.29, 1.82) is 0 Å². The number of amidine groups is 1. The zero-order valence-corrected chi connectivity index (χ0v) is 8.43. The van der Waals surface area contributed by atoms with Crippen molar-refractivity contribution in [3.8, 4) is 0 Å². The number of nitrogens with one attached hydrogen (secondary N) is 1. The molecule has 0 radical (unpaired) electrons. The van der Waals surface area contributed by atoms with Crippen molar-refractivity contribution in [1.82, 2.24) is 5.48 Å². The highest BCUT2D eigenvalue weighted by atomic mass is 16.7. The molecule has 0 aliphatic heterocycles. The van der Waals surface area contributed by atoms with Crippen molar-refractivity contribution in [2.75, 3.05) is 7.05 Å². The number of nitrogens with two attached hydrogens (primary N) is 1. The number of carbonyl (C=O) groups excluding carboxylic acids is 1. The van der Waals surface area contributed by atoms with Crippen LogP contribution in [0.4, 0.5) is 0 Å². The highest BCUT2D eigenvalue weighted by molar-refractivity contribution is 5.98. The Balaban J connectivity index is 2.79. The molecule has 0 aliphatic rings. The van der Waals surface area contributed by atoms with Gasteiger partial charge in [0.1, 0.15) is 0 Å². The van der Waals surface area contributed by atoms with Gasteiger partial charge < -0.3 is 10.6 Å². The molecule has 1 rings (SSSR count). The van der Waals surface area contributed by atoms with Crippen LogP contribution in [0.5, 0.6) is 0 Å². The first-order chi connectivity index (χ1) is 7.31. The smallest absolute Gasteiger partial charge is 0.320 e. The molecule has 0 amide bonds. The van der Waals surface area contributed by atoms with Crippen LogP contribution in [0.2, 0.25) is 0 Å². The van der Waals surface area contributed by atoms with Crippen LogP contribution in [0.3, 0.4) is 0 Å². The van der Waals surface area contributed by atoms with Crippen LogP contribution < -0.4 is 11.2 Å². The van der Waals surface area contributed by atoms with Crippen molar-refractivity contribution in [2.24, 2.45) is 10.7 Å². The number of hydroxylamine groups is 1. The van der Waals surface area contributed by atoms with E-state index in [1.807, 2.05) is 24.3 Å².